The van der Waals surface area contributed by atoms with Crippen molar-refractivity contribution in [1.82, 2.24) is 9.55 Å². The topological polar surface area (TPSA) is 73.6 Å². The molecule has 1 unspecified atom stereocenters. The molecule has 1 saturated heterocycles. The number of benzene rings is 1. The largest absolute Gasteiger partial charge is 0.591 e. The van der Waals surface area contributed by atoms with Crippen LogP contribution in [0.1, 0.15) is 45.2 Å². The monoisotopic (exact) mass is 424 g/mol. The van der Waals surface area contributed by atoms with Crippen molar-refractivity contribution in [3.05, 3.63) is 33.6 Å². The van der Waals surface area contributed by atoms with E-state index in [1.807, 2.05) is 33.8 Å². The number of halogens is 2. The van der Waals surface area contributed by atoms with Crippen LogP contribution in [0.4, 0.5) is 14.7 Å². The number of fused-ring (bicyclic) bond motifs is 1. The van der Waals surface area contributed by atoms with E-state index in [2.05, 4.69) is 9.38 Å². The van der Waals surface area contributed by atoms with Gasteiger partial charge < -0.3 is 9.45 Å². The predicted octanol–water partition coefficient (Wildman–Crippen LogP) is 3.36. The molecule has 1 aromatic carbocycles. The Morgan fingerprint density at radius 3 is 2.55 bits per heavy atom. The summed E-state index contributed by atoms with van der Waals surface area (Å²) in [6.45, 7) is 8.71. The van der Waals surface area contributed by atoms with Crippen LogP contribution in [0.5, 0.6) is 0 Å². The van der Waals surface area contributed by atoms with Gasteiger partial charge in [0, 0.05) is 25.6 Å². The molecule has 0 spiro atoms. The predicted molar refractivity (Wildman–Crippen MR) is 114 cm³/mol. The summed E-state index contributed by atoms with van der Waals surface area (Å²) in [6, 6.07) is 3.56. The van der Waals surface area contributed by atoms with Gasteiger partial charge in [-0.05, 0) is 52.3 Å². The van der Waals surface area contributed by atoms with E-state index in [1.54, 1.807) is 13.0 Å². The molecule has 0 aliphatic carbocycles. The van der Waals surface area contributed by atoms with E-state index in [0.717, 1.165) is 5.56 Å². The van der Waals surface area contributed by atoms with E-state index < -0.39 is 28.6 Å². The van der Waals surface area contributed by atoms with Crippen LogP contribution in [0.2, 0.25) is 0 Å². The fourth-order valence-electron chi connectivity index (χ4n) is 3.28. The summed E-state index contributed by atoms with van der Waals surface area (Å²) in [4.78, 5) is 19.0. The number of anilines is 1. The fourth-order valence-corrected chi connectivity index (χ4v) is 3.91. The fraction of sp³-hybridized carbons (Fsp3) is 0.550. The Morgan fingerprint density at radius 2 is 2.00 bits per heavy atom. The van der Waals surface area contributed by atoms with Crippen LogP contribution in [0, 0.1) is 6.92 Å². The number of aryl methyl sites for hydroxylation is 1. The molecule has 1 atom stereocenters. The standard InChI is InChI=1S/C20H26F2N4O2S/c1-12-9-14(13(2)24-29(28)19(3,4)5)16-15(10-12)17(27)25(6)18(23-16)26-8-7-20(21,22)11-26/h9-10H,7-8,11H2,1-6H3. The van der Waals surface area contributed by atoms with Crippen molar-refractivity contribution in [2.75, 3.05) is 18.0 Å². The summed E-state index contributed by atoms with van der Waals surface area (Å²) >= 11 is -1.48. The minimum atomic E-state index is -2.80. The lowest BCUT2D eigenvalue weighted by molar-refractivity contribution is 0.0256. The first-order valence-corrected chi connectivity index (χ1v) is 10.5. The molecule has 0 radical (unpaired) electrons. The normalized spacial score (nSPS) is 18.5. The van der Waals surface area contributed by atoms with Crippen LogP contribution in [-0.4, -0.2) is 43.6 Å². The molecule has 0 N–H and O–H groups in total. The van der Waals surface area contributed by atoms with Crippen molar-refractivity contribution in [1.29, 1.82) is 0 Å². The molecule has 0 saturated carbocycles. The van der Waals surface area contributed by atoms with Gasteiger partial charge in [-0.1, -0.05) is 4.40 Å². The van der Waals surface area contributed by atoms with Gasteiger partial charge in [-0.25, -0.2) is 13.8 Å². The van der Waals surface area contributed by atoms with Crippen molar-refractivity contribution in [2.24, 2.45) is 11.4 Å². The van der Waals surface area contributed by atoms with Gasteiger partial charge in [0.1, 0.15) is 16.1 Å². The Labute approximate surface area is 172 Å². The number of alkyl halides is 2. The quantitative estimate of drug-likeness (QED) is 0.559. The maximum absolute atomic E-state index is 13.7. The SMILES string of the molecule is CC(=N[S+]([O-])C(C)(C)C)c1cc(C)cc2c(=O)n(C)c(N3CCC(F)(F)C3)nc12. The van der Waals surface area contributed by atoms with E-state index in [1.165, 1.54) is 16.5 Å². The highest BCUT2D eigenvalue weighted by Gasteiger charge is 2.39. The molecule has 1 aliphatic heterocycles. The number of hydrogen-bond acceptors (Lipinski definition) is 5. The average molecular weight is 425 g/mol. The molecule has 158 valence electrons. The lowest BCUT2D eigenvalue weighted by atomic mass is 10.0. The first kappa shape index (κ1) is 21.7. The van der Waals surface area contributed by atoms with Crippen LogP contribution in [0.25, 0.3) is 10.9 Å². The number of rotatable bonds is 3. The molecule has 3 rings (SSSR count). The lowest BCUT2D eigenvalue weighted by Crippen LogP contribution is -2.32. The van der Waals surface area contributed by atoms with Crippen molar-refractivity contribution in [3.8, 4) is 0 Å². The highest BCUT2D eigenvalue weighted by atomic mass is 32.2. The second-order valence-corrected chi connectivity index (χ2v) is 10.5. The minimum Gasteiger partial charge on any atom is -0.591 e. The van der Waals surface area contributed by atoms with Crippen LogP contribution < -0.4 is 10.5 Å². The summed E-state index contributed by atoms with van der Waals surface area (Å²) in [5.41, 5.74) is 1.99. The Morgan fingerprint density at radius 1 is 1.34 bits per heavy atom. The number of nitrogens with zero attached hydrogens (tertiary/aromatic N) is 4. The lowest BCUT2D eigenvalue weighted by Gasteiger charge is -2.21. The summed E-state index contributed by atoms with van der Waals surface area (Å²) in [5.74, 6) is -2.60. The minimum absolute atomic E-state index is 0.126. The number of hydrogen-bond donors (Lipinski definition) is 0. The van der Waals surface area contributed by atoms with E-state index >= 15 is 0 Å². The van der Waals surface area contributed by atoms with Crippen molar-refractivity contribution >= 4 is 33.9 Å². The average Bonchev–Trinajstić information content (AvgIpc) is 2.96. The summed E-state index contributed by atoms with van der Waals surface area (Å²) < 4.78 is 45.0. The smallest absolute Gasteiger partial charge is 0.267 e. The van der Waals surface area contributed by atoms with Gasteiger partial charge in [-0.3, -0.25) is 9.36 Å². The van der Waals surface area contributed by atoms with E-state index in [0.29, 0.717) is 22.2 Å². The maximum atomic E-state index is 13.7. The molecule has 29 heavy (non-hydrogen) atoms. The third-order valence-electron chi connectivity index (χ3n) is 4.89. The van der Waals surface area contributed by atoms with Gasteiger partial charge in [-0.15, -0.1) is 0 Å². The molecule has 1 fully saturated rings. The molecular weight excluding hydrogens is 398 g/mol. The molecule has 1 aliphatic rings. The van der Waals surface area contributed by atoms with Gasteiger partial charge >= 0.3 is 0 Å². The van der Waals surface area contributed by atoms with Gasteiger partial charge in [-0.2, -0.15) is 0 Å². The van der Waals surface area contributed by atoms with E-state index in [4.69, 9.17) is 0 Å². The summed E-state index contributed by atoms with van der Waals surface area (Å²) in [5, 5.41) is 0.383. The van der Waals surface area contributed by atoms with E-state index in [-0.39, 0.29) is 24.5 Å². The Kier molecular flexibility index (Phi) is 5.51. The summed E-state index contributed by atoms with van der Waals surface area (Å²) in [7, 11) is 1.54. The highest BCUT2D eigenvalue weighted by molar-refractivity contribution is 7.91. The van der Waals surface area contributed by atoms with Gasteiger partial charge in [0.25, 0.3) is 11.5 Å². The van der Waals surface area contributed by atoms with Crippen molar-refractivity contribution < 1.29 is 13.3 Å². The third-order valence-corrected chi connectivity index (χ3v) is 6.37. The third kappa shape index (κ3) is 4.30. The van der Waals surface area contributed by atoms with Crippen LogP contribution in [0.3, 0.4) is 0 Å². The van der Waals surface area contributed by atoms with Crippen molar-refractivity contribution in [2.45, 2.75) is 51.7 Å². The Balaban J connectivity index is 2.21. The molecule has 2 aromatic rings. The zero-order valence-corrected chi connectivity index (χ0v) is 18.4. The van der Waals surface area contributed by atoms with Crippen LogP contribution >= 0.6 is 0 Å². The molecule has 6 nitrogen and oxygen atoms in total. The van der Waals surface area contributed by atoms with Crippen molar-refractivity contribution in [3.63, 3.8) is 0 Å². The zero-order chi connectivity index (χ0) is 21.7. The second-order valence-electron chi connectivity index (χ2n) is 8.55. The first-order chi connectivity index (χ1) is 13.3. The van der Waals surface area contributed by atoms with Gasteiger partial charge in [0.15, 0.2) is 0 Å². The Bertz CT molecular complexity index is 1040. The molecule has 9 heteroatoms. The maximum Gasteiger partial charge on any atom is 0.267 e. The second kappa shape index (κ2) is 7.36. The highest BCUT2D eigenvalue weighted by Crippen LogP contribution is 2.30. The molecule has 0 amide bonds. The molecular formula is C20H26F2N4O2S. The van der Waals surface area contributed by atoms with E-state index in [9.17, 15) is 18.1 Å². The van der Waals surface area contributed by atoms with Crippen LogP contribution in [-0.2, 0) is 18.4 Å². The molecule has 2 heterocycles. The molecule has 1 aromatic heterocycles. The summed E-state index contributed by atoms with van der Waals surface area (Å²) in [6.07, 6.45) is -0.271. The Hall–Kier alpha value is -2.00. The first-order valence-electron chi connectivity index (χ1n) is 9.42. The van der Waals surface area contributed by atoms with Gasteiger partial charge in [0.2, 0.25) is 5.95 Å². The zero-order valence-electron chi connectivity index (χ0n) is 17.5. The van der Waals surface area contributed by atoms with Gasteiger partial charge in [0.05, 0.1) is 23.2 Å². The molecule has 0 bridgehead atoms. The van der Waals surface area contributed by atoms with Crippen LogP contribution in [0.15, 0.2) is 21.3 Å². The number of aromatic nitrogens is 2.